The molecule has 0 amide bonds. The second-order valence-electron chi connectivity index (χ2n) is 5.71. The number of nitrogens with zero attached hydrogens (tertiary/aromatic N) is 2. The van der Waals surface area contributed by atoms with Crippen LogP contribution < -0.4 is 10.6 Å². The molecular formula is C17H18N2O2S. The van der Waals surface area contributed by atoms with Crippen LogP contribution in [0.15, 0.2) is 57.7 Å². The van der Waals surface area contributed by atoms with Crippen molar-refractivity contribution in [3.63, 3.8) is 0 Å². The van der Waals surface area contributed by atoms with E-state index in [0.29, 0.717) is 12.5 Å². The summed E-state index contributed by atoms with van der Waals surface area (Å²) in [6.45, 7) is 4.48. The number of hydrogen-bond donors (Lipinski definition) is 0. The molecule has 0 N–H and O–H groups in total. The van der Waals surface area contributed by atoms with E-state index in [-0.39, 0.29) is 10.6 Å². The molecule has 0 bridgehead atoms. The third kappa shape index (κ3) is 2.90. The summed E-state index contributed by atoms with van der Waals surface area (Å²) in [6.07, 6.45) is 7.18. The molecule has 1 aromatic heterocycles. The van der Waals surface area contributed by atoms with Gasteiger partial charge in [-0.3, -0.25) is 4.79 Å². The molecule has 2 aromatic rings. The van der Waals surface area contributed by atoms with Crippen LogP contribution in [0.25, 0.3) is 5.69 Å². The Morgan fingerprint density at radius 1 is 1.23 bits per heavy atom. The van der Waals surface area contributed by atoms with Crippen LogP contribution in [0.5, 0.6) is 0 Å². The van der Waals surface area contributed by atoms with Gasteiger partial charge in [0.1, 0.15) is 0 Å². The Morgan fingerprint density at radius 3 is 2.59 bits per heavy atom. The topological polar surface area (TPSA) is 44.0 Å². The first-order chi connectivity index (χ1) is 10.5. The van der Waals surface area contributed by atoms with E-state index in [1.807, 2.05) is 37.3 Å². The van der Waals surface area contributed by atoms with Crippen LogP contribution in [0.1, 0.15) is 18.9 Å². The van der Waals surface area contributed by atoms with Gasteiger partial charge in [-0.15, -0.1) is 0 Å². The van der Waals surface area contributed by atoms with E-state index >= 15 is 0 Å². The summed E-state index contributed by atoms with van der Waals surface area (Å²) < 4.78 is 2.76. The summed E-state index contributed by atoms with van der Waals surface area (Å²) in [7, 11) is 0. The molecule has 0 fully saturated rings. The van der Waals surface area contributed by atoms with Crippen molar-refractivity contribution in [1.29, 1.82) is 0 Å². The lowest BCUT2D eigenvalue weighted by Gasteiger charge is -2.11. The Labute approximate surface area is 132 Å². The van der Waals surface area contributed by atoms with E-state index in [0.717, 1.165) is 34.8 Å². The monoisotopic (exact) mass is 314 g/mol. The minimum atomic E-state index is -0.272. The molecule has 0 radical (unpaired) electrons. The molecule has 4 nitrogen and oxygen atoms in total. The Hall–Kier alpha value is -2.14. The first kappa shape index (κ1) is 14.8. The molecule has 3 rings (SSSR count). The SMILES string of the molecule is Cc1ccc(-n2sc(=O)n(CC3=CCC(C)C=C3)c2=O)cc1. The van der Waals surface area contributed by atoms with Crippen LogP contribution in [0.3, 0.4) is 0 Å². The van der Waals surface area contributed by atoms with Gasteiger partial charge in [0.2, 0.25) is 0 Å². The molecule has 1 unspecified atom stereocenters. The minimum absolute atomic E-state index is 0.224. The highest BCUT2D eigenvalue weighted by molar-refractivity contribution is 7.03. The number of benzene rings is 1. The molecule has 0 spiro atoms. The standard InChI is InChI=1S/C17H18N2O2S/c1-12-3-7-14(8-4-12)11-18-16(20)19(22-17(18)21)15-9-5-13(2)6-10-15/h3,5-10,12H,4,11H2,1-2H3. The lowest BCUT2D eigenvalue weighted by atomic mass is 9.98. The Morgan fingerprint density at radius 2 is 1.95 bits per heavy atom. The Kier molecular flexibility index (Phi) is 3.98. The van der Waals surface area contributed by atoms with Crippen molar-refractivity contribution in [1.82, 2.24) is 8.52 Å². The molecule has 1 heterocycles. The van der Waals surface area contributed by atoms with Gasteiger partial charge < -0.3 is 0 Å². The molecule has 0 saturated heterocycles. The van der Waals surface area contributed by atoms with Crippen molar-refractivity contribution in [2.24, 2.45) is 5.92 Å². The van der Waals surface area contributed by atoms with Crippen molar-refractivity contribution in [3.05, 3.63) is 73.8 Å². The number of aryl methyl sites for hydroxylation is 1. The fraction of sp³-hybridized carbons (Fsp3) is 0.294. The van der Waals surface area contributed by atoms with E-state index < -0.39 is 0 Å². The van der Waals surface area contributed by atoms with Gasteiger partial charge in [-0.2, -0.15) is 0 Å². The Bertz CT molecular complexity index is 850. The van der Waals surface area contributed by atoms with E-state index in [9.17, 15) is 9.59 Å². The molecule has 114 valence electrons. The lowest BCUT2D eigenvalue weighted by Crippen LogP contribution is -2.29. The zero-order chi connectivity index (χ0) is 15.7. The highest BCUT2D eigenvalue weighted by atomic mass is 32.1. The fourth-order valence-corrected chi connectivity index (χ4v) is 3.20. The van der Waals surface area contributed by atoms with Crippen molar-refractivity contribution in [2.75, 3.05) is 0 Å². The summed E-state index contributed by atoms with van der Waals surface area (Å²) >= 11 is 0.949. The minimum Gasteiger partial charge on any atom is -0.255 e. The molecular weight excluding hydrogens is 296 g/mol. The molecule has 22 heavy (non-hydrogen) atoms. The molecule has 1 aliphatic rings. The van der Waals surface area contributed by atoms with Crippen LogP contribution in [0, 0.1) is 12.8 Å². The van der Waals surface area contributed by atoms with Gasteiger partial charge in [-0.1, -0.05) is 42.8 Å². The molecule has 5 heteroatoms. The van der Waals surface area contributed by atoms with Gasteiger partial charge in [0.15, 0.2) is 0 Å². The van der Waals surface area contributed by atoms with E-state index in [1.165, 1.54) is 8.52 Å². The van der Waals surface area contributed by atoms with E-state index in [1.54, 1.807) is 0 Å². The molecule has 0 aliphatic heterocycles. The predicted molar refractivity (Wildman–Crippen MR) is 89.9 cm³/mol. The van der Waals surface area contributed by atoms with Gasteiger partial charge in [0.25, 0.3) is 0 Å². The average molecular weight is 314 g/mol. The van der Waals surface area contributed by atoms with Gasteiger partial charge in [0, 0.05) is 11.5 Å². The number of rotatable bonds is 3. The van der Waals surface area contributed by atoms with Gasteiger partial charge >= 0.3 is 10.6 Å². The largest absolute Gasteiger partial charge is 0.346 e. The van der Waals surface area contributed by atoms with E-state index in [4.69, 9.17) is 0 Å². The zero-order valence-electron chi connectivity index (χ0n) is 12.7. The summed E-state index contributed by atoms with van der Waals surface area (Å²) in [6, 6.07) is 7.59. The first-order valence-electron chi connectivity index (χ1n) is 7.32. The van der Waals surface area contributed by atoms with Crippen molar-refractivity contribution >= 4 is 11.5 Å². The number of aromatic nitrogens is 2. The van der Waals surface area contributed by atoms with Crippen molar-refractivity contribution in [3.8, 4) is 5.69 Å². The summed E-state index contributed by atoms with van der Waals surface area (Å²) in [5.41, 5.74) is 2.60. The summed E-state index contributed by atoms with van der Waals surface area (Å²) in [5.74, 6) is 0.521. The molecule has 1 atom stereocenters. The highest BCUT2D eigenvalue weighted by Crippen LogP contribution is 2.16. The second kappa shape index (κ2) is 5.93. The third-order valence-electron chi connectivity index (χ3n) is 3.79. The average Bonchev–Trinajstić information content (AvgIpc) is 2.78. The summed E-state index contributed by atoms with van der Waals surface area (Å²) in [4.78, 5) is 24.4. The summed E-state index contributed by atoms with van der Waals surface area (Å²) in [5, 5.41) is 0. The quantitative estimate of drug-likeness (QED) is 0.874. The first-order valence-corrected chi connectivity index (χ1v) is 8.09. The van der Waals surface area contributed by atoms with Crippen molar-refractivity contribution in [2.45, 2.75) is 26.8 Å². The van der Waals surface area contributed by atoms with Gasteiger partial charge in [-0.25, -0.2) is 13.3 Å². The normalized spacial score (nSPS) is 17.5. The Balaban J connectivity index is 1.94. The fourth-order valence-electron chi connectivity index (χ4n) is 2.40. The van der Waals surface area contributed by atoms with Crippen LogP contribution in [0.2, 0.25) is 0 Å². The predicted octanol–water partition coefficient (Wildman–Crippen LogP) is 2.89. The highest BCUT2D eigenvalue weighted by Gasteiger charge is 2.13. The number of hydrogen-bond acceptors (Lipinski definition) is 3. The maximum atomic E-state index is 12.5. The lowest BCUT2D eigenvalue weighted by molar-refractivity contribution is 0.686. The van der Waals surface area contributed by atoms with E-state index in [2.05, 4.69) is 19.1 Å². The maximum Gasteiger partial charge on any atom is 0.346 e. The van der Waals surface area contributed by atoms with Crippen molar-refractivity contribution < 1.29 is 0 Å². The molecule has 0 saturated carbocycles. The van der Waals surface area contributed by atoms with Gasteiger partial charge in [-0.05, 0) is 37.0 Å². The van der Waals surface area contributed by atoms with Crippen LogP contribution in [0.4, 0.5) is 0 Å². The third-order valence-corrected chi connectivity index (χ3v) is 4.72. The van der Waals surface area contributed by atoms with Crippen LogP contribution >= 0.6 is 11.5 Å². The maximum absolute atomic E-state index is 12.5. The van der Waals surface area contributed by atoms with Gasteiger partial charge in [0.05, 0.1) is 12.2 Å². The second-order valence-corrected chi connectivity index (χ2v) is 6.60. The molecule has 1 aromatic carbocycles. The smallest absolute Gasteiger partial charge is 0.255 e. The molecule has 1 aliphatic carbocycles. The zero-order valence-corrected chi connectivity index (χ0v) is 13.5. The number of allylic oxidation sites excluding steroid dienone is 4. The van der Waals surface area contributed by atoms with Crippen LogP contribution in [-0.2, 0) is 6.54 Å². The van der Waals surface area contributed by atoms with Crippen LogP contribution in [-0.4, -0.2) is 8.52 Å².